The molecule has 10 heteroatoms. The Hall–Kier alpha value is -3.37. The number of methoxy groups -OCH3 is 1. The summed E-state index contributed by atoms with van der Waals surface area (Å²) < 4.78 is 53.5. The van der Waals surface area contributed by atoms with E-state index in [2.05, 4.69) is 0 Å². The maximum atomic E-state index is 12.2. The summed E-state index contributed by atoms with van der Waals surface area (Å²) in [6.45, 7) is 2.32. The van der Waals surface area contributed by atoms with E-state index >= 15 is 0 Å². The van der Waals surface area contributed by atoms with Gasteiger partial charge in [0.2, 0.25) is 11.5 Å². The normalized spacial score (nSPS) is 17.3. The van der Waals surface area contributed by atoms with Gasteiger partial charge in [-0.2, -0.15) is 4.57 Å². The molecule has 0 amide bonds. The van der Waals surface area contributed by atoms with E-state index in [0.29, 0.717) is 35.3 Å². The van der Waals surface area contributed by atoms with Crippen molar-refractivity contribution in [3.63, 3.8) is 0 Å². The summed E-state index contributed by atoms with van der Waals surface area (Å²) in [5.74, 6) is 0.844. The Morgan fingerprint density at radius 2 is 2.10 bits per heavy atom. The number of fused-ring (bicyclic) bond motifs is 6. The van der Waals surface area contributed by atoms with Crippen molar-refractivity contribution in [2.45, 2.75) is 30.8 Å². The second-order valence-electron chi connectivity index (χ2n) is 7.49. The number of oxazole rings is 1. The van der Waals surface area contributed by atoms with Crippen LogP contribution in [0.1, 0.15) is 17.9 Å². The first-order chi connectivity index (χ1) is 14.7. The van der Waals surface area contributed by atoms with E-state index in [4.69, 9.17) is 13.9 Å². The number of hydrogen-bond acceptors (Lipinski definition) is 8. The molecule has 31 heavy (non-hydrogen) atoms. The Labute approximate surface area is 177 Å². The highest BCUT2D eigenvalue weighted by Crippen LogP contribution is 2.43. The molecule has 9 nitrogen and oxygen atoms in total. The molecule has 0 aliphatic carbocycles. The third-order valence-corrected chi connectivity index (χ3v) is 6.28. The van der Waals surface area contributed by atoms with Crippen LogP contribution in [0.2, 0.25) is 0 Å². The van der Waals surface area contributed by atoms with Crippen molar-refractivity contribution in [3.05, 3.63) is 53.7 Å². The van der Waals surface area contributed by atoms with Crippen molar-refractivity contribution in [1.82, 2.24) is 0 Å². The van der Waals surface area contributed by atoms with Gasteiger partial charge in [0.25, 0.3) is 5.52 Å². The van der Waals surface area contributed by atoms with Gasteiger partial charge < -0.3 is 18.4 Å². The zero-order valence-corrected chi connectivity index (χ0v) is 17.5. The van der Waals surface area contributed by atoms with Gasteiger partial charge in [0, 0.05) is 6.07 Å². The van der Waals surface area contributed by atoms with Gasteiger partial charge in [-0.3, -0.25) is 9.69 Å². The molecule has 0 N–H and O–H groups in total. The molecule has 5 rings (SSSR count). The average molecular weight is 442 g/mol. The molecule has 160 valence electrons. The van der Waals surface area contributed by atoms with Crippen molar-refractivity contribution in [2.75, 3.05) is 12.0 Å². The minimum absolute atomic E-state index is 0.00984. The van der Waals surface area contributed by atoms with Crippen LogP contribution in [0.4, 0.5) is 5.69 Å². The Balaban J connectivity index is 1.69. The number of carbonyl (C=O) groups is 1. The highest BCUT2D eigenvalue weighted by molar-refractivity contribution is 7.85. The summed E-state index contributed by atoms with van der Waals surface area (Å²) in [6.07, 6.45) is 1.70. The Bertz CT molecular complexity index is 1370. The van der Waals surface area contributed by atoms with Crippen molar-refractivity contribution in [1.29, 1.82) is 0 Å². The molecule has 1 unspecified atom stereocenters. The van der Waals surface area contributed by atoms with E-state index in [-0.39, 0.29) is 11.3 Å². The number of esters is 1. The summed E-state index contributed by atoms with van der Waals surface area (Å²) in [7, 11) is -3.35. The third-order valence-electron chi connectivity index (χ3n) is 5.45. The number of benzene rings is 2. The molecule has 2 aliphatic heterocycles. The topological polar surface area (TPSA) is 113 Å². The summed E-state index contributed by atoms with van der Waals surface area (Å²) in [5, 5.41) is 0. The molecule has 1 aromatic heterocycles. The molecular formula is C21H18N2O7S. The van der Waals surface area contributed by atoms with Crippen LogP contribution in [0.5, 0.6) is 5.75 Å². The second-order valence-corrected chi connectivity index (χ2v) is 8.87. The molecule has 3 heterocycles. The fourth-order valence-electron chi connectivity index (χ4n) is 4.02. The molecule has 2 aromatic carbocycles. The van der Waals surface area contributed by atoms with Gasteiger partial charge in [-0.15, -0.1) is 0 Å². The number of aromatic nitrogens is 1. The predicted molar refractivity (Wildman–Crippen MR) is 107 cm³/mol. The lowest BCUT2D eigenvalue weighted by Gasteiger charge is -2.25. The average Bonchev–Trinajstić information content (AvgIpc) is 3.19. The van der Waals surface area contributed by atoms with E-state index in [9.17, 15) is 17.8 Å². The summed E-state index contributed by atoms with van der Waals surface area (Å²) in [6, 6.07) is 9.25. The quantitative estimate of drug-likeness (QED) is 0.344. The van der Waals surface area contributed by atoms with Crippen LogP contribution in [-0.4, -0.2) is 32.1 Å². The Morgan fingerprint density at radius 3 is 2.84 bits per heavy atom. The molecule has 3 aromatic rings. The van der Waals surface area contributed by atoms with Crippen LogP contribution in [0, 0.1) is 6.92 Å². The number of carbonyl (C=O) groups excluding carboxylic acids is 1. The molecule has 2 aliphatic rings. The summed E-state index contributed by atoms with van der Waals surface area (Å²) in [5.41, 5.74) is 3.00. The van der Waals surface area contributed by atoms with Gasteiger partial charge in [-0.1, -0.05) is 6.07 Å². The maximum Gasteiger partial charge on any atom is 0.379 e. The van der Waals surface area contributed by atoms with Gasteiger partial charge in [-0.05, 0) is 36.8 Å². The SMILES string of the molecule is COC(=O)CC1C[n+]2c(oc3ccc(C)cc32)C=C2Oc3ccc(S(=O)(=O)[O-])cc3N21. The second kappa shape index (κ2) is 6.82. The summed E-state index contributed by atoms with van der Waals surface area (Å²) in [4.78, 5) is 13.5. The Morgan fingerprint density at radius 1 is 1.29 bits per heavy atom. The van der Waals surface area contributed by atoms with Gasteiger partial charge in [0.15, 0.2) is 12.3 Å². The van der Waals surface area contributed by atoms with Crippen LogP contribution in [0.15, 0.2) is 51.6 Å². The zero-order chi connectivity index (χ0) is 21.9. The summed E-state index contributed by atoms with van der Waals surface area (Å²) >= 11 is 0. The maximum absolute atomic E-state index is 12.2. The van der Waals surface area contributed by atoms with E-state index in [1.807, 2.05) is 29.7 Å². The lowest BCUT2D eigenvalue weighted by molar-refractivity contribution is -0.679. The van der Waals surface area contributed by atoms with Gasteiger partial charge in [-0.25, -0.2) is 8.42 Å². The van der Waals surface area contributed by atoms with Crippen LogP contribution < -0.4 is 14.2 Å². The van der Waals surface area contributed by atoms with Gasteiger partial charge in [0.1, 0.15) is 22.2 Å². The predicted octanol–water partition coefficient (Wildman–Crippen LogP) is 2.08. The number of rotatable bonds is 3. The lowest BCUT2D eigenvalue weighted by Crippen LogP contribution is -2.47. The highest BCUT2D eigenvalue weighted by Gasteiger charge is 2.41. The molecular weight excluding hydrogens is 424 g/mol. The smallest absolute Gasteiger partial charge is 0.379 e. The van der Waals surface area contributed by atoms with E-state index in [1.54, 1.807) is 11.0 Å². The van der Waals surface area contributed by atoms with Crippen LogP contribution in [-0.2, 0) is 26.2 Å². The van der Waals surface area contributed by atoms with Gasteiger partial charge >= 0.3 is 11.9 Å². The standard InChI is InChI=1S/C21H18N2O7S/c1-12-3-5-17-15(7-12)22-11-13(8-21(24)28-2)23-16-9-14(31(25,26)27)4-6-18(16)30-20(23)10-19(22)29-17/h3-7,9-10,13H,8,11H2,1-2H3. The van der Waals surface area contributed by atoms with E-state index < -0.39 is 22.1 Å². The van der Waals surface area contributed by atoms with Crippen molar-refractivity contribution in [2.24, 2.45) is 0 Å². The molecule has 0 spiro atoms. The lowest BCUT2D eigenvalue weighted by atomic mass is 10.1. The molecule has 0 radical (unpaired) electrons. The van der Waals surface area contributed by atoms with Gasteiger partial charge in [0.05, 0.1) is 24.1 Å². The number of nitrogens with zero attached hydrogens (tertiary/aromatic N) is 2. The van der Waals surface area contributed by atoms with Crippen molar-refractivity contribution in [3.8, 4) is 5.75 Å². The molecule has 0 saturated heterocycles. The van der Waals surface area contributed by atoms with Crippen LogP contribution in [0.25, 0.3) is 17.2 Å². The first-order valence-corrected chi connectivity index (χ1v) is 10.9. The molecule has 0 fully saturated rings. The first-order valence-electron chi connectivity index (χ1n) is 9.53. The Kier molecular flexibility index (Phi) is 4.31. The van der Waals surface area contributed by atoms with Crippen molar-refractivity contribution < 1.29 is 36.2 Å². The fraction of sp³-hybridized carbons (Fsp3) is 0.238. The first kappa shape index (κ1) is 19.6. The number of aryl methyl sites for hydroxylation is 1. The van der Waals surface area contributed by atoms with Crippen molar-refractivity contribution >= 4 is 39.0 Å². The van der Waals surface area contributed by atoms with E-state index in [0.717, 1.165) is 11.1 Å². The highest BCUT2D eigenvalue weighted by atomic mass is 32.2. The largest absolute Gasteiger partial charge is 0.744 e. The number of hydrogen-bond donors (Lipinski definition) is 0. The fourth-order valence-corrected chi connectivity index (χ4v) is 4.51. The van der Waals surface area contributed by atoms with Crippen LogP contribution >= 0.6 is 0 Å². The number of anilines is 1. The zero-order valence-electron chi connectivity index (χ0n) is 16.7. The molecule has 0 saturated carbocycles. The minimum Gasteiger partial charge on any atom is -0.744 e. The number of ether oxygens (including phenoxy) is 2. The van der Waals surface area contributed by atoms with Crippen LogP contribution in [0.3, 0.4) is 0 Å². The molecule has 0 bridgehead atoms. The van der Waals surface area contributed by atoms with E-state index in [1.165, 1.54) is 25.3 Å². The third kappa shape index (κ3) is 3.24. The monoisotopic (exact) mass is 442 g/mol. The molecule has 1 atom stereocenters. The minimum atomic E-state index is -4.66.